The van der Waals surface area contributed by atoms with E-state index in [9.17, 15) is 9.59 Å². The number of hydrogen-bond acceptors (Lipinski definition) is 4. The van der Waals surface area contributed by atoms with E-state index in [2.05, 4.69) is 57.5 Å². The maximum absolute atomic E-state index is 12.0. The average Bonchev–Trinajstić information content (AvgIpc) is 3.06. The summed E-state index contributed by atoms with van der Waals surface area (Å²) in [6.07, 6.45) is 5.03. The van der Waals surface area contributed by atoms with E-state index < -0.39 is 0 Å². The second-order valence-electron chi connectivity index (χ2n) is 10.4. The fourth-order valence-corrected chi connectivity index (χ4v) is 6.54. The lowest BCUT2D eigenvalue weighted by molar-refractivity contribution is 0.0964. The maximum atomic E-state index is 12.0. The first kappa shape index (κ1) is 34.1. The van der Waals surface area contributed by atoms with Gasteiger partial charge in [0.05, 0.1) is 13.1 Å². The van der Waals surface area contributed by atoms with Crippen LogP contribution in [0.1, 0.15) is 68.7 Å². The third kappa shape index (κ3) is 9.37. The molecule has 1 N–H and O–H groups in total. The zero-order valence-electron chi connectivity index (χ0n) is 24.3. The van der Waals surface area contributed by atoms with Gasteiger partial charge >= 0.3 is 0 Å². The van der Waals surface area contributed by atoms with Crippen LogP contribution in [0.3, 0.4) is 0 Å². The van der Waals surface area contributed by atoms with Crippen molar-refractivity contribution in [2.24, 2.45) is 0 Å². The lowest BCUT2D eigenvalue weighted by atomic mass is 9.90. The minimum Gasteiger partial charge on any atom is -0.508 e. The van der Waals surface area contributed by atoms with Gasteiger partial charge in [0, 0.05) is 38.2 Å². The highest BCUT2D eigenvalue weighted by Crippen LogP contribution is 2.29. The second kappa shape index (κ2) is 16.5. The number of fused-ring (bicyclic) bond motifs is 2. The topological polar surface area (TPSA) is 72.3 Å². The van der Waals surface area contributed by atoms with Crippen LogP contribution in [0.5, 0.6) is 11.5 Å². The molecule has 0 fully saturated rings. The highest BCUT2D eigenvalue weighted by atomic mass is 79.9. The van der Waals surface area contributed by atoms with Gasteiger partial charge in [-0.2, -0.15) is 0 Å². The van der Waals surface area contributed by atoms with Gasteiger partial charge in [0.15, 0.2) is 22.9 Å². The number of carbonyl (C=O) groups is 2. The Labute approximate surface area is 288 Å². The highest BCUT2D eigenvalue weighted by Gasteiger charge is 2.18. The number of rotatable bonds is 4. The van der Waals surface area contributed by atoms with Crippen LogP contribution in [0, 0.1) is 13.1 Å². The molecule has 9 heteroatoms. The smallest absolute Gasteiger partial charge is 0.187 e. The molecule has 45 heavy (non-hydrogen) atoms. The van der Waals surface area contributed by atoms with Gasteiger partial charge in [0.1, 0.15) is 18.1 Å². The molecule has 6 nitrogen and oxygen atoms in total. The van der Waals surface area contributed by atoms with Gasteiger partial charge in [0.25, 0.3) is 0 Å². The third-order valence-electron chi connectivity index (χ3n) is 7.33. The maximum Gasteiger partial charge on any atom is 0.187 e. The van der Waals surface area contributed by atoms with Crippen LogP contribution < -0.4 is 4.74 Å². The van der Waals surface area contributed by atoms with Crippen molar-refractivity contribution in [3.8, 4) is 11.5 Å². The Morgan fingerprint density at radius 2 is 1.22 bits per heavy atom. The Kier molecular flexibility index (Phi) is 12.5. The molecule has 2 aliphatic carbocycles. The van der Waals surface area contributed by atoms with Crippen molar-refractivity contribution in [1.29, 1.82) is 0 Å². The Balaban J connectivity index is 0.000000169. The molecule has 0 saturated carbocycles. The molecule has 0 amide bonds. The molecule has 0 unspecified atom stereocenters. The largest absolute Gasteiger partial charge is 0.508 e. The number of phenols is 1. The summed E-state index contributed by atoms with van der Waals surface area (Å²) in [6, 6.07) is 21.7. The summed E-state index contributed by atoms with van der Waals surface area (Å²) in [5.74, 6) is 1.23. The third-order valence-corrected chi connectivity index (χ3v) is 9.48. The number of benzene rings is 4. The summed E-state index contributed by atoms with van der Waals surface area (Å²) < 4.78 is 7.76. The van der Waals surface area contributed by atoms with Crippen LogP contribution in [0.4, 0.5) is 11.4 Å². The highest BCUT2D eigenvalue weighted by molar-refractivity contribution is 9.11. The fraction of sp³-hybridized carbons (Fsp3) is 0.222. The van der Waals surface area contributed by atoms with E-state index in [0.717, 1.165) is 67.8 Å². The Hall–Kier alpha value is -3.76. The molecule has 0 radical (unpaired) electrons. The number of phenolic OH excluding ortho intramolecular Hbond substituents is 1. The summed E-state index contributed by atoms with van der Waals surface area (Å²) in [4.78, 5) is 30.0. The number of ketones is 2. The number of hydrogen-bond donors (Lipinski definition) is 1. The molecular formula is C36H29Br3N2O4. The van der Waals surface area contributed by atoms with Gasteiger partial charge in [0.2, 0.25) is 0 Å². The van der Waals surface area contributed by atoms with Crippen LogP contribution in [0.15, 0.2) is 81.7 Å². The van der Waals surface area contributed by atoms with Crippen LogP contribution in [-0.2, 0) is 24.8 Å². The van der Waals surface area contributed by atoms with E-state index in [0.29, 0.717) is 42.1 Å². The fourth-order valence-electron chi connectivity index (χ4n) is 4.95. The van der Waals surface area contributed by atoms with Gasteiger partial charge in [-0.05, 0) is 78.3 Å². The molecule has 0 aromatic heterocycles. The van der Waals surface area contributed by atoms with Gasteiger partial charge in [-0.1, -0.05) is 90.3 Å². The molecule has 0 bridgehead atoms. The molecule has 4 aromatic rings. The first-order chi connectivity index (χ1) is 21.7. The van der Waals surface area contributed by atoms with Crippen LogP contribution in [-0.4, -0.2) is 16.7 Å². The zero-order valence-corrected chi connectivity index (χ0v) is 29.0. The summed E-state index contributed by atoms with van der Waals surface area (Å²) in [5, 5.41) is 9.93. The molecule has 228 valence electrons. The van der Waals surface area contributed by atoms with Crippen LogP contribution in [0.2, 0.25) is 0 Å². The number of halogens is 3. The number of Topliss-reactive ketones (excluding diaryl/α,β-unsaturated/α-hetero) is 2. The van der Waals surface area contributed by atoms with Crippen molar-refractivity contribution in [2.75, 3.05) is 0 Å². The van der Waals surface area contributed by atoms with Gasteiger partial charge in [-0.15, -0.1) is 0 Å². The predicted octanol–water partition coefficient (Wildman–Crippen LogP) is 10.9. The van der Waals surface area contributed by atoms with E-state index in [1.807, 2.05) is 42.5 Å². The van der Waals surface area contributed by atoms with E-state index in [1.165, 1.54) is 0 Å². The number of nitrogens with zero attached hydrogens (tertiary/aromatic N) is 2. The number of aromatic hydroxyl groups is 1. The van der Waals surface area contributed by atoms with Gasteiger partial charge in [-0.25, -0.2) is 9.69 Å². The van der Waals surface area contributed by atoms with Gasteiger partial charge < -0.3 is 9.84 Å². The average molecular weight is 793 g/mol. The van der Waals surface area contributed by atoms with E-state index in [4.69, 9.17) is 23.0 Å². The Morgan fingerprint density at radius 3 is 1.80 bits per heavy atom. The summed E-state index contributed by atoms with van der Waals surface area (Å²) in [5.41, 5.74) is 6.98. The monoisotopic (exact) mass is 790 g/mol. The standard InChI is InChI=1S/C18H14BrNO2.C10H10O2.C8H5Br2N/c1-20-14-6-8-17(19)13(9-14)11-22-15-7-5-12-3-2-4-18(21)16(12)10-15;11-8-5-4-7-2-1-3-10(12)9(7)6-8;1-11-7-2-3-8(10)6(4-7)5-9/h5-10H,2-4,11H2;4-6,11H,1-3H2;2-4H,5H2. The van der Waals surface area contributed by atoms with Crippen molar-refractivity contribution in [3.05, 3.63) is 138 Å². The SMILES string of the molecule is O=C1CCCc2ccc(O)cc21.[C-]#[N+]c1ccc(Br)c(CBr)c1.[C-]#[N+]c1ccc(Br)c(COc2ccc3c(c2)C(=O)CCC3)c1. The number of alkyl halides is 1. The molecule has 0 spiro atoms. The lowest BCUT2D eigenvalue weighted by Crippen LogP contribution is -2.10. The van der Waals surface area contributed by atoms with E-state index in [1.54, 1.807) is 30.3 Å². The predicted molar refractivity (Wildman–Crippen MR) is 187 cm³/mol. The molecule has 4 aromatic carbocycles. The summed E-state index contributed by atoms with van der Waals surface area (Å²) in [6.45, 7) is 14.2. The van der Waals surface area contributed by atoms with E-state index in [-0.39, 0.29) is 17.3 Å². The number of carbonyl (C=O) groups excluding carboxylic acids is 2. The number of aryl methyl sites for hydroxylation is 2. The van der Waals surface area contributed by atoms with Crippen molar-refractivity contribution in [2.45, 2.75) is 50.5 Å². The normalized spacial score (nSPS) is 13.0. The summed E-state index contributed by atoms with van der Waals surface area (Å²) in [7, 11) is 0. The zero-order chi connectivity index (χ0) is 32.3. The minimum absolute atomic E-state index is 0.159. The molecule has 0 aliphatic heterocycles. The number of ether oxygens (including phenoxy) is 1. The molecule has 0 atom stereocenters. The molecule has 0 heterocycles. The van der Waals surface area contributed by atoms with Crippen molar-refractivity contribution in [1.82, 2.24) is 0 Å². The van der Waals surface area contributed by atoms with E-state index >= 15 is 0 Å². The Bertz CT molecular complexity index is 1810. The van der Waals surface area contributed by atoms with Crippen molar-refractivity contribution in [3.63, 3.8) is 0 Å². The first-order valence-corrected chi connectivity index (χ1v) is 16.9. The second-order valence-corrected chi connectivity index (χ2v) is 12.7. The lowest BCUT2D eigenvalue weighted by Gasteiger charge is -2.16. The first-order valence-electron chi connectivity index (χ1n) is 14.2. The summed E-state index contributed by atoms with van der Waals surface area (Å²) >= 11 is 10.2. The molecule has 0 saturated heterocycles. The Morgan fingerprint density at radius 1 is 0.689 bits per heavy atom. The minimum atomic E-state index is 0.159. The van der Waals surface area contributed by atoms with Crippen LogP contribution >= 0.6 is 47.8 Å². The van der Waals surface area contributed by atoms with Gasteiger partial charge in [-0.3, -0.25) is 9.59 Å². The van der Waals surface area contributed by atoms with Crippen molar-refractivity contribution < 1.29 is 19.4 Å². The molecule has 2 aliphatic rings. The molecule has 6 rings (SSSR count). The van der Waals surface area contributed by atoms with Crippen molar-refractivity contribution >= 4 is 70.7 Å². The molecular weight excluding hydrogens is 764 g/mol. The van der Waals surface area contributed by atoms with Crippen LogP contribution in [0.25, 0.3) is 9.69 Å². The quantitative estimate of drug-likeness (QED) is 0.165.